The summed E-state index contributed by atoms with van der Waals surface area (Å²) in [7, 11) is 0. The largest absolute Gasteiger partial charge is 0.462 e. The molecule has 0 N–H and O–H groups in total. The quantitative estimate of drug-likeness (QED) is 0.0262. The predicted molar refractivity (Wildman–Crippen MR) is 284 cm³/mol. The van der Waals surface area contributed by atoms with E-state index in [-0.39, 0.29) is 31.1 Å². The van der Waals surface area contributed by atoms with E-state index in [2.05, 4.69) is 81.5 Å². The van der Waals surface area contributed by atoms with Crippen molar-refractivity contribution >= 4 is 17.9 Å². The Kier molecular flexibility index (Phi) is 52.3. The Morgan fingerprint density at radius 2 is 0.591 bits per heavy atom. The molecule has 0 aliphatic heterocycles. The summed E-state index contributed by atoms with van der Waals surface area (Å²) in [6.45, 7) is 6.53. The van der Waals surface area contributed by atoms with Crippen LogP contribution in [-0.2, 0) is 28.6 Å². The topological polar surface area (TPSA) is 78.9 Å². The Morgan fingerprint density at radius 3 is 0.924 bits per heavy atom. The molecule has 0 radical (unpaired) electrons. The van der Waals surface area contributed by atoms with Crippen molar-refractivity contribution in [1.82, 2.24) is 0 Å². The summed E-state index contributed by atoms with van der Waals surface area (Å²) in [4.78, 5) is 38.1. The smallest absolute Gasteiger partial charge is 0.306 e. The maximum atomic E-state index is 12.8. The number of carbonyl (C=O) groups is 3. The Morgan fingerprint density at radius 1 is 0.318 bits per heavy atom. The first kappa shape index (κ1) is 63.1. The number of ether oxygens (including phenoxy) is 3. The van der Waals surface area contributed by atoms with Gasteiger partial charge in [-0.2, -0.15) is 0 Å². The summed E-state index contributed by atoms with van der Waals surface area (Å²) < 4.78 is 16.8. The van der Waals surface area contributed by atoms with Crippen LogP contribution in [0.3, 0.4) is 0 Å². The van der Waals surface area contributed by atoms with Crippen LogP contribution >= 0.6 is 0 Å². The van der Waals surface area contributed by atoms with Crippen LogP contribution in [0.2, 0.25) is 0 Å². The molecule has 0 fully saturated rings. The summed E-state index contributed by atoms with van der Waals surface area (Å²) in [6.07, 6.45) is 67.8. The van der Waals surface area contributed by atoms with E-state index in [4.69, 9.17) is 14.2 Å². The Balaban J connectivity index is 4.41. The van der Waals surface area contributed by atoms with Gasteiger partial charge in [-0.05, 0) is 64.2 Å². The number of esters is 3. The Labute approximate surface area is 409 Å². The molecular weight excluding hydrogens is 817 g/mol. The normalized spacial score (nSPS) is 12.5. The van der Waals surface area contributed by atoms with Crippen LogP contribution in [-0.4, -0.2) is 37.2 Å². The molecule has 0 spiro atoms. The fourth-order valence-corrected chi connectivity index (χ4v) is 8.06. The van der Waals surface area contributed by atoms with Gasteiger partial charge in [-0.3, -0.25) is 14.4 Å². The first-order valence-corrected chi connectivity index (χ1v) is 28.3. The molecule has 0 unspecified atom stereocenters. The van der Waals surface area contributed by atoms with Crippen molar-refractivity contribution in [3.05, 3.63) is 60.8 Å². The first-order valence-electron chi connectivity index (χ1n) is 28.3. The van der Waals surface area contributed by atoms with Crippen molar-refractivity contribution in [2.45, 2.75) is 290 Å². The number of carbonyl (C=O) groups excluding carboxylic acids is 3. The summed E-state index contributed by atoms with van der Waals surface area (Å²) in [5.41, 5.74) is 0. The van der Waals surface area contributed by atoms with Gasteiger partial charge in [0.2, 0.25) is 0 Å². The minimum absolute atomic E-state index is 0.0808. The Bertz CT molecular complexity index is 1200. The number of unbranched alkanes of at least 4 members (excludes halogenated alkanes) is 30. The average molecular weight is 924 g/mol. The van der Waals surface area contributed by atoms with E-state index in [9.17, 15) is 14.4 Å². The van der Waals surface area contributed by atoms with Gasteiger partial charge in [-0.25, -0.2) is 0 Å². The molecule has 0 heterocycles. The minimum atomic E-state index is -0.784. The molecule has 0 amide bonds. The molecule has 382 valence electrons. The predicted octanol–water partition coefficient (Wildman–Crippen LogP) is 18.8. The molecule has 66 heavy (non-hydrogen) atoms. The number of hydrogen-bond donors (Lipinski definition) is 0. The van der Waals surface area contributed by atoms with Crippen molar-refractivity contribution in [2.75, 3.05) is 13.2 Å². The molecule has 6 nitrogen and oxygen atoms in total. The highest BCUT2D eigenvalue weighted by Crippen LogP contribution is 2.16. The molecule has 0 bridgehead atoms. The second-order valence-corrected chi connectivity index (χ2v) is 18.8. The van der Waals surface area contributed by atoms with Crippen LogP contribution in [0.4, 0.5) is 0 Å². The van der Waals surface area contributed by atoms with Gasteiger partial charge in [0.15, 0.2) is 6.10 Å². The number of allylic oxidation sites excluding steroid dienone is 10. The monoisotopic (exact) mass is 923 g/mol. The maximum absolute atomic E-state index is 12.8. The lowest BCUT2D eigenvalue weighted by Gasteiger charge is -2.18. The first-order chi connectivity index (χ1) is 32.5. The zero-order chi connectivity index (χ0) is 47.9. The molecule has 0 saturated carbocycles. The van der Waals surface area contributed by atoms with E-state index in [0.29, 0.717) is 19.3 Å². The van der Waals surface area contributed by atoms with E-state index in [1.165, 1.54) is 148 Å². The van der Waals surface area contributed by atoms with Crippen LogP contribution < -0.4 is 0 Å². The molecule has 0 aliphatic carbocycles. The van der Waals surface area contributed by atoms with E-state index >= 15 is 0 Å². The van der Waals surface area contributed by atoms with Gasteiger partial charge < -0.3 is 14.2 Å². The zero-order valence-corrected chi connectivity index (χ0v) is 43.7. The lowest BCUT2D eigenvalue weighted by molar-refractivity contribution is -0.167. The third kappa shape index (κ3) is 52.1. The lowest BCUT2D eigenvalue weighted by atomic mass is 10.0. The molecule has 0 saturated heterocycles. The maximum Gasteiger partial charge on any atom is 0.306 e. The summed E-state index contributed by atoms with van der Waals surface area (Å²) in [5, 5.41) is 0. The van der Waals surface area contributed by atoms with Gasteiger partial charge in [-0.15, -0.1) is 0 Å². The summed E-state index contributed by atoms with van der Waals surface area (Å²) >= 11 is 0. The van der Waals surface area contributed by atoms with Gasteiger partial charge in [0.1, 0.15) is 13.2 Å². The van der Waals surface area contributed by atoms with Crippen LogP contribution in [0.15, 0.2) is 60.8 Å². The summed E-state index contributed by atoms with van der Waals surface area (Å²) in [6, 6.07) is 0. The molecule has 0 aliphatic rings. The molecule has 0 rings (SSSR count). The van der Waals surface area contributed by atoms with Crippen LogP contribution in [0.5, 0.6) is 0 Å². The second-order valence-electron chi connectivity index (χ2n) is 18.8. The minimum Gasteiger partial charge on any atom is -0.462 e. The van der Waals surface area contributed by atoms with Crippen LogP contribution in [0.25, 0.3) is 0 Å². The van der Waals surface area contributed by atoms with Gasteiger partial charge >= 0.3 is 17.9 Å². The highest BCUT2D eigenvalue weighted by atomic mass is 16.6. The van der Waals surface area contributed by atoms with E-state index in [1.807, 2.05) is 0 Å². The average Bonchev–Trinajstić information content (AvgIpc) is 3.31. The fraction of sp³-hybridized carbons (Fsp3) is 0.783. The van der Waals surface area contributed by atoms with Crippen LogP contribution in [0, 0.1) is 0 Å². The van der Waals surface area contributed by atoms with Gasteiger partial charge in [0.25, 0.3) is 0 Å². The second kappa shape index (κ2) is 54.7. The van der Waals surface area contributed by atoms with Crippen molar-refractivity contribution in [1.29, 1.82) is 0 Å². The molecule has 6 heteroatoms. The molecule has 0 aromatic heterocycles. The van der Waals surface area contributed by atoms with Crippen LogP contribution in [0.1, 0.15) is 284 Å². The van der Waals surface area contributed by atoms with Gasteiger partial charge in [0, 0.05) is 19.3 Å². The van der Waals surface area contributed by atoms with E-state index < -0.39 is 6.10 Å². The van der Waals surface area contributed by atoms with Gasteiger partial charge in [0.05, 0.1) is 0 Å². The highest BCUT2D eigenvalue weighted by molar-refractivity contribution is 5.71. The SMILES string of the molecule is CC/C=C\C/C=C\C/C=C\C/C=C\C/C=C\CCCCCC(=O)OC[C@@H](COC(=O)CCCCCCCCCCCCCCCC)OC(=O)CCCCCCCCCCCCCCCCC. The third-order valence-corrected chi connectivity index (χ3v) is 12.3. The standard InChI is InChI=1S/C60H106O6/c1-4-7-10-13-16-19-22-25-28-29-30-31-33-35-38-41-44-47-50-53-59(62)65-56-57(55-64-58(61)52-49-46-43-40-37-34-27-24-21-18-15-12-9-6-3)66-60(63)54-51-48-45-42-39-36-32-26-23-20-17-14-11-8-5-2/h7,10,16,19,25,28,30-31,35,38,57H,4-6,8-9,11-15,17-18,20-24,26-27,29,32-34,36-37,39-56H2,1-3H3/b10-7-,19-16-,28-25-,31-30-,38-35-/t57-/m1/s1. The summed E-state index contributed by atoms with van der Waals surface area (Å²) in [5.74, 6) is -0.901. The van der Waals surface area contributed by atoms with Crippen molar-refractivity contribution < 1.29 is 28.6 Å². The Hall–Kier alpha value is -2.89. The zero-order valence-electron chi connectivity index (χ0n) is 43.7. The van der Waals surface area contributed by atoms with Crippen molar-refractivity contribution in [3.63, 3.8) is 0 Å². The van der Waals surface area contributed by atoms with Crippen molar-refractivity contribution in [2.24, 2.45) is 0 Å². The van der Waals surface area contributed by atoms with Gasteiger partial charge in [-0.1, -0.05) is 261 Å². The lowest BCUT2D eigenvalue weighted by Crippen LogP contribution is -2.30. The molecule has 0 aromatic rings. The van der Waals surface area contributed by atoms with E-state index in [0.717, 1.165) is 96.3 Å². The third-order valence-electron chi connectivity index (χ3n) is 12.3. The molecule has 0 aromatic carbocycles. The fourth-order valence-electron chi connectivity index (χ4n) is 8.06. The number of rotatable bonds is 51. The van der Waals surface area contributed by atoms with Crippen molar-refractivity contribution in [3.8, 4) is 0 Å². The number of hydrogen-bond acceptors (Lipinski definition) is 6. The molecular formula is C60H106O6. The molecule has 1 atom stereocenters. The van der Waals surface area contributed by atoms with E-state index in [1.54, 1.807) is 0 Å². The highest BCUT2D eigenvalue weighted by Gasteiger charge is 2.19.